The van der Waals surface area contributed by atoms with Crippen LogP contribution in [0.4, 0.5) is 11.6 Å². The van der Waals surface area contributed by atoms with Crippen molar-refractivity contribution < 1.29 is 5.11 Å². The lowest BCUT2D eigenvalue weighted by molar-refractivity contribution is 0.263. The lowest BCUT2D eigenvalue weighted by Crippen LogP contribution is -2.37. The Morgan fingerprint density at radius 3 is 2.45 bits per heavy atom. The third-order valence-electron chi connectivity index (χ3n) is 4.64. The summed E-state index contributed by atoms with van der Waals surface area (Å²) in [4.78, 5) is 19.4. The summed E-state index contributed by atoms with van der Waals surface area (Å²) in [6, 6.07) is 21.4. The summed E-state index contributed by atoms with van der Waals surface area (Å²) >= 11 is 0. The molecule has 1 aromatic carbocycles. The second kappa shape index (κ2) is 9.03. The number of anilines is 2. The van der Waals surface area contributed by atoms with E-state index < -0.39 is 0 Å². The van der Waals surface area contributed by atoms with Crippen LogP contribution in [0.25, 0.3) is 11.3 Å². The highest BCUT2D eigenvalue weighted by Crippen LogP contribution is 2.28. The molecule has 29 heavy (non-hydrogen) atoms. The molecule has 1 N–H and O–H groups in total. The molecule has 144 valence electrons. The van der Waals surface area contributed by atoms with Crippen LogP contribution in [0.5, 0.6) is 0 Å². The average Bonchev–Trinajstić information content (AvgIpc) is 2.81. The molecule has 0 saturated heterocycles. The molecule has 0 amide bonds. The minimum absolute atomic E-state index is 0.0440. The highest BCUT2D eigenvalue weighted by atomic mass is 16.3. The molecule has 1 atom stereocenters. The average molecular weight is 383 g/mol. The van der Waals surface area contributed by atoms with E-state index in [0.717, 1.165) is 16.8 Å². The van der Waals surface area contributed by atoms with Gasteiger partial charge in [0.2, 0.25) is 0 Å². The molecule has 0 aliphatic heterocycles. The fourth-order valence-corrected chi connectivity index (χ4v) is 3.27. The molecule has 6 nitrogen and oxygen atoms in total. The maximum atomic E-state index is 10.2. The van der Waals surface area contributed by atoms with Crippen LogP contribution < -0.4 is 4.90 Å². The van der Waals surface area contributed by atoms with Crippen molar-refractivity contribution in [1.29, 1.82) is 0 Å². The Morgan fingerprint density at radius 1 is 0.828 bits per heavy atom. The Morgan fingerprint density at radius 2 is 1.72 bits per heavy atom. The molecule has 1 unspecified atom stereocenters. The van der Waals surface area contributed by atoms with Crippen LogP contribution >= 0.6 is 0 Å². The van der Waals surface area contributed by atoms with Gasteiger partial charge in [-0.1, -0.05) is 36.4 Å². The van der Waals surface area contributed by atoms with Crippen molar-refractivity contribution in [3.05, 3.63) is 97.2 Å². The van der Waals surface area contributed by atoms with Gasteiger partial charge in [0.15, 0.2) is 0 Å². The van der Waals surface area contributed by atoms with Crippen LogP contribution in [0.1, 0.15) is 5.56 Å². The Balaban J connectivity index is 1.75. The molecular formula is C23H21N5O. The Hall–Kier alpha value is -3.64. The third-order valence-corrected chi connectivity index (χ3v) is 4.64. The van der Waals surface area contributed by atoms with Gasteiger partial charge in [-0.05, 0) is 42.3 Å². The van der Waals surface area contributed by atoms with E-state index in [-0.39, 0.29) is 12.6 Å². The molecule has 0 fully saturated rings. The highest BCUT2D eigenvalue weighted by molar-refractivity contribution is 5.64. The molecule has 0 radical (unpaired) electrons. The van der Waals surface area contributed by atoms with E-state index in [0.29, 0.717) is 18.1 Å². The molecule has 6 heteroatoms. The molecule has 3 aromatic heterocycles. The standard InChI is InChI=1S/C23H21N5O/c29-16-20(14-18-6-2-1-3-7-18)28(22-11-13-25-17-26-22)23-10-4-9-21(27-23)19-8-5-12-24-15-19/h1-13,15,17,20,29H,14,16H2. The van der Waals surface area contributed by atoms with Crippen molar-refractivity contribution in [1.82, 2.24) is 19.9 Å². The molecule has 4 rings (SSSR count). The Labute approximate surface area is 169 Å². The number of aromatic nitrogens is 4. The lowest BCUT2D eigenvalue weighted by atomic mass is 10.0. The number of hydrogen-bond donors (Lipinski definition) is 1. The van der Waals surface area contributed by atoms with Gasteiger partial charge in [0.1, 0.15) is 18.0 Å². The second-order valence-electron chi connectivity index (χ2n) is 6.59. The van der Waals surface area contributed by atoms with Gasteiger partial charge < -0.3 is 10.0 Å². The van der Waals surface area contributed by atoms with Gasteiger partial charge in [-0.25, -0.2) is 15.0 Å². The van der Waals surface area contributed by atoms with Gasteiger partial charge in [0.05, 0.1) is 18.3 Å². The van der Waals surface area contributed by atoms with Gasteiger partial charge in [-0.15, -0.1) is 0 Å². The van der Waals surface area contributed by atoms with Gasteiger partial charge in [-0.3, -0.25) is 4.98 Å². The van der Waals surface area contributed by atoms with Crippen molar-refractivity contribution in [2.75, 3.05) is 11.5 Å². The molecule has 0 bridgehead atoms. The number of rotatable bonds is 7. The molecule has 4 aromatic rings. The number of nitrogens with zero attached hydrogens (tertiary/aromatic N) is 5. The SMILES string of the molecule is OCC(Cc1ccccc1)N(c1ccncn1)c1cccc(-c2cccnc2)n1. The minimum atomic E-state index is -0.232. The zero-order valence-corrected chi connectivity index (χ0v) is 15.8. The first-order chi connectivity index (χ1) is 14.3. The van der Waals surface area contributed by atoms with Crippen LogP contribution in [0.15, 0.2) is 91.6 Å². The van der Waals surface area contributed by atoms with E-state index in [1.807, 2.05) is 59.5 Å². The molecule has 3 heterocycles. The first-order valence-electron chi connectivity index (χ1n) is 9.42. The predicted octanol–water partition coefficient (Wildman–Crippen LogP) is 3.68. The molecule has 0 spiro atoms. The smallest absolute Gasteiger partial charge is 0.137 e. The summed E-state index contributed by atoms with van der Waals surface area (Å²) in [6.45, 7) is -0.0440. The quantitative estimate of drug-likeness (QED) is 0.525. The maximum Gasteiger partial charge on any atom is 0.137 e. The monoisotopic (exact) mass is 383 g/mol. The van der Waals surface area contributed by atoms with Gasteiger partial charge in [-0.2, -0.15) is 0 Å². The number of benzene rings is 1. The topological polar surface area (TPSA) is 75.0 Å². The van der Waals surface area contributed by atoms with Gasteiger partial charge >= 0.3 is 0 Å². The Kier molecular flexibility index (Phi) is 5.83. The predicted molar refractivity (Wildman–Crippen MR) is 113 cm³/mol. The number of pyridine rings is 2. The van der Waals surface area contributed by atoms with Crippen LogP contribution in [-0.4, -0.2) is 37.7 Å². The summed E-state index contributed by atoms with van der Waals surface area (Å²) in [5, 5.41) is 10.2. The van der Waals surface area contributed by atoms with E-state index in [1.54, 1.807) is 18.6 Å². The van der Waals surface area contributed by atoms with Crippen LogP contribution in [-0.2, 0) is 6.42 Å². The van der Waals surface area contributed by atoms with E-state index in [4.69, 9.17) is 4.98 Å². The molecule has 0 aliphatic rings. The van der Waals surface area contributed by atoms with Crippen molar-refractivity contribution in [2.24, 2.45) is 0 Å². The molecular weight excluding hydrogens is 362 g/mol. The first-order valence-corrected chi connectivity index (χ1v) is 9.42. The fraction of sp³-hybridized carbons (Fsp3) is 0.130. The summed E-state index contributed by atoms with van der Waals surface area (Å²) in [7, 11) is 0. The Bertz CT molecular complexity index is 1030. The van der Waals surface area contributed by atoms with Gasteiger partial charge in [0.25, 0.3) is 0 Å². The van der Waals surface area contributed by atoms with Gasteiger partial charge in [0, 0.05) is 24.2 Å². The maximum absolute atomic E-state index is 10.2. The largest absolute Gasteiger partial charge is 0.394 e. The zero-order chi connectivity index (χ0) is 19.9. The minimum Gasteiger partial charge on any atom is -0.394 e. The molecule has 0 aliphatic carbocycles. The van der Waals surface area contributed by atoms with Crippen molar-refractivity contribution >= 4 is 11.6 Å². The van der Waals surface area contributed by atoms with E-state index in [9.17, 15) is 5.11 Å². The van der Waals surface area contributed by atoms with Crippen molar-refractivity contribution in [2.45, 2.75) is 12.5 Å². The lowest BCUT2D eigenvalue weighted by Gasteiger charge is -2.31. The normalized spacial score (nSPS) is 11.8. The fourth-order valence-electron chi connectivity index (χ4n) is 3.27. The van der Waals surface area contributed by atoms with E-state index >= 15 is 0 Å². The first kappa shape index (κ1) is 18.7. The van der Waals surface area contributed by atoms with Crippen LogP contribution in [0.3, 0.4) is 0 Å². The van der Waals surface area contributed by atoms with Crippen LogP contribution in [0, 0.1) is 0 Å². The summed E-state index contributed by atoms with van der Waals surface area (Å²) in [5.41, 5.74) is 2.88. The third kappa shape index (κ3) is 4.44. The van der Waals surface area contributed by atoms with E-state index in [1.165, 1.54) is 6.33 Å². The van der Waals surface area contributed by atoms with Crippen molar-refractivity contribution in [3.8, 4) is 11.3 Å². The summed E-state index contributed by atoms with van der Waals surface area (Å²) < 4.78 is 0. The summed E-state index contributed by atoms with van der Waals surface area (Å²) in [5.74, 6) is 1.39. The second-order valence-corrected chi connectivity index (χ2v) is 6.59. The van der Waals surface area contributed by atoms with E-state index in [2.05, 4.69) is 27.1 Å². The number of aliphatic hydroxyl groups excluding tert-OH is 1. The van der Waals surface area contributed by atoms with Crippen molar-refractivity contribution in [3.63, 3.8) is 0 Å². The molecule has 0 saturated carbocycles. The van der Waals surface area contributed by atoms with Crippen LogP contribution in [0.2, 0.25) is 0 Å². The number of hydrogen-bond acceptors (Lipinski definition) is 6. The zero-order valence-electron chi connectivity index (χ0n) is 15.8. The number of aliphatic hydroxyl groups is 1. The highest BCUT2D eigenvalue weighted by Gasteiger charge is 2.23. The summed E-state index contributed by atoms with van der Waals surface area (Å²) in [6.07, 6.45) is 7.37.